The largest absolute Gasteiger partial charge is 0.0842 e. The molecule has 12 rings (SSSR count). The molecule has 0 heteroatoms. The van der Waals surface area contributed by atoms with Crippen LogP contribution in [0, 0.1) is 13.8 Å². The first-order valence-electron chi connectivity index (χ1n) is 24.0. The maximum atomic E-state index is 2.42. The highest BCUT2D eigenvalue weighted by atomic mass is 14.5. The van der Waals surface area contributed by atoms with Crippen LogP contribution in [0.4, 0.5) is 0 Å². The van der Waals surface area contributed by atoms with Crippen LogP contribution in [0.15, 0.2) is 230 Å². The summed E-state index contributed by atoms with van der Waals surface area (Å²) in [5.74, 6) is 0. The summed E-state index contributed by atoms with van der Waals surface area (Å²) in [5.41, 5.74) is 26.2. The first kappa shape index (κ1) is 42.7. The molecule has 66 heavy (non-hydrogen) atoms. The minimum Gasteiger partial charge on any atom is -0.0842 e. The molecule has 8 aromatic rings. The molecule has 0 amide bonds. The third-order valence-corrected chi connectivity index (χ3v) is 14.1. The topological polar surface area (TPSA) is 0 Å². The van der Waals surface area contributed by atoms with Crippen LogP contribution in [0.2, 0.25) is 0 Å². The summed E-state index contributed by atoms with van der Waals surface area (Å²) in [6.45, 7) is 6.54. The zero-order valence-electron chi connectivity index (χ0n) is 38.6. The highest BCUT2D eigenvalue weighted by Gasteiger charge is 2.47. The summed E-state index contributed by atoms with van der Waals surface area (Å²) < 4.78 is 0. The van der Waals surface area contributed by atoms with E-state index >= 15 is 0 Å². The molecular weight excluding hydrogens is 793 g/mol. The number of allylic oxidation sites excluding steroid dienone is 8. The van der Waals surface area contributed by atoms with Crippen LogP contribution in [-0.2, 0) is 18.3 Å². The number of benzene rings is 8. The summed E-state index contributed by atoms with van der Waals surface area (Å²) >= 11 is 0. The van der Waals surface area contributed by atoms with Crippen LogP contribution in [0.3, 0.4) is 0 Å². The molecule has 0 spiro atoms. The van der Waals surface area contributed by atoms with Gasteiger partial charge in [-0.25, -0.2) is 0 Å². The van der Waals surface area contributed by atoms with Gasteiger partial charge in [0.25, 0.3) is 0 Å². The molecule has 0 N–H and O–H groups in total. The minimum atomic E-state index is -0.233. The fourth-order valence-corrected chi connectivity index (χ4v) is 10.9. The average molecular weight is 851 g/mol. The maximum absolute atomic E-state index is 2.42. The van der Waals surface area contributed by atoms with E-state index in [4.69, 9.17) is 0 Å². The van der Waals surface area contributed by atoms with E-state index in [1.54, 1.807) is 0 Å². The van der Waals surface area contributed by atoms with Crippen LogP contribution in [0.5, 0.6) is 0 Å². The quantitative estimate of drug-likeness (QED) is 0.156. The third kappa shape index (κ3) is 8.18. The Kier molecular flexibility index (Phi) is 12.3. The third-order valence-electron chi connectivity index (χ3n) is 14.1. The second-order valence-electron chi connectivity index (χ2n) is 18.1. The summed E-state index contributed by atoms with van der Waals surface area (Å²) in [6.07, 6.45) is 18.0. The van der Waals surface area contributed by atoms with E-state index in [2.05, 4.69) is 245 Å². The van der Waals surface area contributed by atoms with Crippen molar-refractivity contribution in [2.45, 2.75) is 64.7 Å². The van der Waals surface area contributed by atoms with Crippen LogP contribution < -0.4 is 0 Å². The van der Waals surface area contributed by atoms with Crippen molar-refractivity contribution in [1.29, 1.82) is 0 Å². The first-order valence-corrected chi connectivity index (χ1v) is 24.0. The number of rotatable bonds is 6. The van der Waals surface area contributed by atoms with Crippen molar-refractivity contribution >= 4 is 11.1 Å². The Morgan fingerprint density at radius 1 is 0.485 bits per heavy atom. The number of hydrogen-bond acceptors (Lipinski definition) is 0. The highest BCUT2D eigenvalue weighted by Crippen LogP contribution is 2.57. The van der Waals surface area contributed by atoms with Crippen molar-refractivity contribution in [3.05, 3.63) is 286 Å². The molecule has 0 fully saturated rings. The lowest BCUT2D eigenvalue weighted by Crippen LogP contribution is -2.30. The van der Waals surface area contributed by atoms with Crippen LogP contribution >= 0.6 is 0 Å². The van der Waals surface area contributed by atoms with E-state index in [1.807, 2.05) is 0 Å². The van der Waals surface area contributed by atoms with Gasteiger partial charge < -0.3 is 0 Å². The van der Waals surface area contributed by atoms with Gasteiger partial charge in [-0.2, -0.15) is 0 Å². The standard InChI is InChI=1S/C32H26.C21H18.C13H14/c1-23-11-10-12-24(21-23)25-19-20-31-29(22-25)28-17-8-9-18-30(28)32(31,26-13-4-2-5-14-26)27-15-6-3-7-16-27;1-2-15-10-12-16(13-11-15)18-8-5-9-20-19-7-4-3-6-17(19)14-21(18)20;1-11-7-5-6-10-13(11)12-8-3-2-4-9-12/h2-8,10-17,19-22H,9,18H2,1H3;3-13H,2,14H2,1H3;2-3,5-8,10H,4,9H2,1H3. The van der Waals surface area contributed by atoms with Gasteiger partial charge in [-0.3, -0.25) is 0 Å². The molecule has 0 unspecified atom stereocenters. The Morgan fingerprint density at radius 2 is 1.12 bits per heavy atom. The molecule has 0 aromatic heterocycles. The smallest absolute Gasteiger partial charge is 0.0676 e. The maximum Gasteiger partial charge on any atom is 0.0676 e. The Labute approximate surface area is 393 Å². The lowest BCUT2D eigenvalue weighted by atomic mass is 9.65. The SMILES string of the molecule is CCc1ccc(-c2cccc3c2Cc2ccccc2-3)cc1.Cc1cccc(-c2ccc3c(c2)C2=C(CCC=C2)C3(c2ccccc2)c2ccccc2)c1.Cc1ccccc1C1=CC=CCC1. The van der Waals surface area contributed by atoms with Gasteiger partial charge in [0.1, 0.15) is 0 Å². The monoisotopic (exact) mass is 850 g/mol. The molecular formula is C66H58. The Bertz CT molecular complexity index is 3090. The number of fused-ring (bicyclic) bond motifs is 5. The molecule has 0 heterocycles. The van der Waals surface area contributed by atoms with E-state index in [0.29, 0.717) is 0 Å². The van der Waals surface area contributed by atoms with Gasteiger partial charge in [0.15, 0.2) is 0 Å². The van der Waals surface area contributed by atoms with Crippen molar-refractivity contribution in [3.63, 3.8) is 0 Å². The van der Waals surface area contributed by atoms with E-state index in [0.717, 1.165) is 25.7 Å². The molecule has 0 nitrogen and oxygen atoms in total. The summed E-state index contributed by atoms with van der Waals surface area (Å²) in [5, 5.41) is 0. The van der Waals surface area contributed by atoms with E-state index in [9.17, 15) is 0 Å². The zero-order valence-corrected chi connectivity index (χ0v) is 38.6. The lowest BCUT2D eigenvalue weighted by Gasteiger charge is -2.36. The van der Waals surface area contributed by atoms with Crippen LogP contribution in [0.25, 0.3) is 44.5 Å². The fraction of sp³-hybridized carbons (Fsp3) is 0.152. The number of hydrogen-bond donors (Lipinski definition) is 0. The van der Waals surface area contributed by atoms with E-state index < -0.39 is 0 Å². The molecule has 0 atom stereocenters. The molecule has 0 aliphatic heterocycles. The van der Waals surface area contributed by atoms with Gasteiger partial charge >= 0.3 is 0 Å². The first-order chi connectivity index (χ1) is 32.5. The molecule has 8 aromatic carbocycles. The van der Waals surface area contributed by atoms with Gasteiger partial charge in [-0.1, -0.05) is 231 Å². The zero-order chi connectivity index (χ0) is 44.9. The summed E-state index contributed by atoms with van der Waals surface area (Å²) in [6, 6.07) is 71.2. The molecule has 0 saturated heterocycles. The van der Waals surface area contributed by atoms with Crippen molar-refractivity contribution in [2.24, 2.45) is 0 Å². The normalized spacial score (nSPS) is 14.7. The van der Waals surface area contributed by atoms with Crippen molar-refractivity contribution in [2.75, 3.05) is 0 Å². The van der Waals surface area contributed by atoms with Crippen molar-refractivity contribution in [3.8, 4) is 33.4 Å². The van der Waals surface area contributed by atoms with Crippen LogP contribution in [-0.4, -0.2) is 0 Å². The van der Waals surface area contributed by atoms with Gasteiger partial charge in [0, 0.05) is 0 Å². The molecule has 4 aliphatic carbocycles. The fourth-order valence-electron chi connectivity index (χ4n) is 10.9. The molecule has 322 valence electrons. The van der Waals surface area contributed by atoms with Gasteiger partial charge in [-0.05, 0) is 159 Å². The van der Waals surface area contributed by atoms with E-state index in [-0.39, 0.29) is 5.41 Å². The molecule has 0 bridgehead atoms. The van der Waals surface area contributed by atoms with Crippen LogP contribution in [0.1, 0.15) is 88.2 Å². The Morgan fingerprint density at radius 3 is 1.83 bits per heavy atom. The van der Waals surface area contributed by atoms with Crippen molar-refractivity contribution < 1.29 is 0 Å². The lowest BCUT2D eigenvalue weighted by molar-refractivity contribution is 0.696. The van der Waals surface area contributed by atoms with Gasteiger partial charge in [0.05, 0.1) is 5.41 Å². The van der Waals surface area contributed by atoms with Gasteiger partial charge in [-0.15, -0.1) is 0 Å². The summed E-state index contributed by atoms with van der Waals surface area (Å²) in [7, 11) is 0. The van der Waals surface area contributed by atoms with E-state index in [1.165, 1.54) is 119 Å². The molecule has 4 aliphatic rings. The second kappa shape index (κ2) is 19.1. The minimum absolute atomic E-state index is 0.233. The highest BCUT2D eigenvalue weighted by molar-refractivity contribution is 5.92. The predicted molar refractivity (Wildman–Crippen MR) is 282 cm³/mol. The Hall–Kier alpha value is -7.28. The molecule has 0 radical (unpaired) electrons. The Balaban J connectivity index is 0.000000129. The van der Waals surface area contributed by atoms with Crippen molar-refractivity contribution in [1.82, 2.24) is 0 Å². The molecule has 0 saturated carbocycles. The predicted octanol–water partition coefficient (Wildman–Crippen LogP) is 17.3. The second-order valence-corrected chi connectivity index (χ2v) is 18.1. The summed E-state index contributed by atoms with van der Waals surface area (Å²) in [4.78, 5) is 0. The average Bonchev–Trinajstić information content (AvgIpc) is 3.92. The number of aryl methyl sites for hydroxylation is 3. The van der Waals surface area contributed by atoms with Gasteiger partial charge in [0.2, 0.25) is 0 Å².